The van der Waals surface area contributed by atoms with Crippen LogP contribution in [0.5, 0.6) is 11.5 Å². The van der Waals surface area contributed by atoms with Crippen LogP contribution >= 0.6 is 0 Å². The van der Waals surface area contributed by atoms with Crippen LogP contribution in [0.15, 0.2) is 72.8 Å². The molecule has 6 heteroatoms. The summed E-state index contributed by atoms with van der Waals surface area (Å²) in [5.41, 5.74) is 3.39. The van der Waals surface area contributed by atoms with Crippen LogP contribution in [0.3, 0.4) is 0 Å². The van der Waals surface area contributed by atoms with Crippen LogP contribution in [0.2, 0.25) is 0 Å². The Morgan fingerprint density at radius 3 is 2.12 bits per heavy atom. The van der Waals surface area contributed by atoms with Gasteiger partial charge in [-0.3, -0.25) is 10.1 Å². The number of phenolic OH excluding ortho intramolecular Hbond substituents is 1. The molecule has 0 bridgehead atoms. The lowest BCUT2D eigenvalue weighted by Gasteiger charge is -2.10. The van der Waals surface area contributed by atoms with Crippen molar-refractivity contribution in [1.29, 1.82) is 0 Å². The second-order valence-electron chi connectivity index (χ2n) is 7.76. The molecule has 1 N–H and O–H groups in total. The van der Waals surface area contributed by atoms with E-state index >= 15 is 0 Å². The van der Waals surface area contributed by atoms with Gasteiger partial charge < -0.3 is 9.84 Å². The van der Waals surface area contributed by atoms with E-state index in [9.17, 15) is 20.0 Å². The highest BCUT2D eigenvalue weighted by atomic mass is 16.6. The molecule has 6 nitrogen and oxygen atoms in total. The predicted octanol–water partition coefficient (Wildman–Crippen LogP) is 6.46. The van der Waals surface area contributed by atoms with Gasteiger partial charge in [0.2, 0.25) is 0 Å². The third-order valence-electron chi connectivity index (χ3n) is 5.36. The van der Waals surface area contributed by atoms with E-state index in [4.69, 9.17) is 4.74 Å². The first kappa shape index (κ1) is 21.8. The average Bonchev–Trinajstić information content (AvgIpc) is 2.80. The SMILES string of the molecule is Cc1cc(/C=C/c2cc3ccccc3cc2C(=O)Oc2ccc([N+](=O)[O-])cc2)cc(C)c1O. The first-order chi connectivity index (χ1) is 15.8. The van der Waals surface area contributed by atoms with Crippen molar-refractivity contribution in [2.75, 3.05) is 0 Å². The minimum absolute atomic E-state index is 0.0800. The largest absolute Gasteiger partial charge is 0.507 e. The van der Waals surface area contributed by atoms with Crippen LogP contribution in [0.1, 0.15) is 32.6 Å². The molecule has 0 saturated carbocycles. The summed E-state index contributed by atoms with van der Waals surface area (Å²) in [6.07, 6.45) is 3.72. The van der Waals surface area contributed by atoms with Gasteiger partial charge in [0.05, 0.1) is 10.5 Å². The molecule has 0 unspecified atom stereocenters. The number of hydrogen-bond donors (Lipinski definition) is 1. The fourth-order valence-electron chi connectivity index (χ4n) is 3.64. The molecule has 0 radical (unpaired) electrons. The number of nitrogens with zero attached hydrogens (tertiary/aromatic N) is 1. The number of carbonyl (C=O) groups is 1. The van der Waals surface area contributed by atoms with Gasteiger partial charge in [-0.15, -0.1) is 0 Å². The molecule has 0 aliphatic heterocycles. The number of aromatic hydroxyl groups is 1. The number of carbonyl (C=O) groups excluding carboxylic acids is 1. The molecule has 0 amide bonds. The summed E-state index contributed by atoms with van der Waals surface area (Å²) in [6.45, 7) is 3.67. The maximum atomic E-state index is 13.0. The Morgan fingerprint density at radius 1 is 0.909 bits per heavy atom. The van der Waals surface area contributed by atoms with Crippen molar-refractivity contribution in [1.82, 2.24) is 0 Å². The summed E-state index contributed by atoms with van der Waals surface area (Å²) >= 11 is 0. The van der Waals surface area contributed by atoms with Crippen molar-refractivity contribution in [2.24, 2.45) is 0 Å². The molecule has 0 saturated heterocycles. The van der Waals surface area contributed by atoms with Gasteiger partial charge in [-0.2, -0.15) is 0 Å². The van der Waals surface area contributed by atoms with Gasteiger partial charge in [-0.05, 0) is 83.3 Å². The highest BCUT2D eigenvalue weighted by Gasteiger charge is 2.15. The molecule has 33 heavy (non-hydrogen) atoms. The second-order valence-corrected chi connectivity index (χ2v) is 7.76. The number of phenols is 1. The summed E-state index contributed by atoms with van der Waals surface area (Å²) in [4.78, 5) is 23.4. The number of nitro benzene ring substituents is 1. The smallest absolute Gasteiger partial charge is 0.344 e. The minimum atomic E-state index is -0.563. The zero-order valence-corrected chi connectivity index (χ0v) is 18.1. The number of ether oxygens (including phenoxy) is 1. The molecule has 0 atom stereocenters. The van der Waals surface area contributed by atoms with E-state index in [1.807, 2.05) is 68.5 Å². The van der Waals surface area contributed by atoms with Crippen LogP contribution in [0.4, 0.5) is 5.69 Å². The zero-order chi connectivity index (χ0) is 23.5. The Balaban J connectivity index is 1.71. The zero-order valence-electron chi connectivity index (χ0n) is 18.1. The summed E-state index contributed by atoms with van der Waals surface area (Å²) in [7, 11) is 0. The van der Waals surface area contributed by atoms with Crippen molar-refractivity contribution in [2.45, 2.75) is 13.8 Å². The Labute approximate surface area is 190 Å². The molecule has 0 heterocycles. The summed E-state index contributed by atoms with van der Waals surface area (Å²) in [5, 5.41) is 22.7. The first-order valence-corrected chi connectivity index (χ1v) is 10.3. The van der Waals surface area contributed by atoms with Gasteiger partial charge in [0.1, 0.15) is 11.5 Å². The molecule has 4 aromatic rings. The Kier molecular flexibility index (Phi) is 5.91. The molecular weight excluding hydrogens is 418 g/mol. The highest BCUT2D eigenvalue weighted by molar-refractivity contribution is 6.01. The Hall–Kier alpha value is -4.45. The van der Waals surface area contributed by atoms with Gasteiger partial charge in [0.25, 0.3) is 5.69 Å². The van der Waals surface area contributed by atoms with E-state index in [1.165, 1.54) is 24.3 Å². The predicted molar refractivity (Wildman–Crippen MR) is 129 cm³/mol. The Morgan fingerprint density at radius 2 is 1.52 bits per heavy atom. The lowest BCUT2D eigenvalue weighted by Crippen LogP contribution is -2.10. The fraction of sp³-hybridized carbons (Fsp3) is 0.0741. The van der Waals surface area contributed by atoms with Gasteiger partial charge in [-0.1, -0.05) is 36.4 Å². The number of rotatable bonds is 5. The van der Waals surface area contributed by atoms with E-state index in [1.54, 1.807) is 6.07 Å². The van der Waals surface area contributed by atoms with E-state index in [0.29, 0.717) is 11.1 Å². The van der Waals surface area contributed by atoms with Crippen molar-refractivity contribution >= 4 is 34.6 Å². The minimum Gasteiger partial charge on any atom is -0.507 e. The molecule has 0 aliphatic rings. The summed E-state index contributed by atoms with van der Waals surface area (Å²) in [5.74, 6) is -0.0731. The van der Waals surface area contributed by atoms with Crippen molar-refractivity contribution in [3.63, 3.8) is 0 Å². The lowest BCUT2D eigenvalue weighted by atomic mass is 9.99. The van der Waals surface area contributed by atoms with Crippen LogP contribution in [0, 0.1) is 24.0 Å². The quantitative estimate of drug-likeness (QED) is 0.127. The Bertz CT molecular complexity index is 1380. The maximum Gasteiger partial charge on any atom is 0.344 e. The maximum absolute atomic E-state index is 13.0. The topological polar surface area (TPSA) is 89.7 Å². The fourth-order valence-corrected chi connectivity index (χ4v) is 3.64. The number of nitro groups is 1. The van der Waals surface area contributed by atoms with Gasteiger partial charge in [-0.25, -0.2) is 4.79 Å². The van der Waals surface area contributed by atoms with E-state index in [2.05, 4.69) is 0 Å². The second kappa shape index (κ2) is 8.96. The van der Waals surface area contributed by atoms with Crippen LogP contribution < -0.4 is 4.74 Å². The van der Waals surface area contributed by atoms with Crippen molar-refractivity contribution < 1.29 is 19.6 Å². The number of hydrogen-bond acceptors (Lipinski definition) is 5. The van der Waals surface area contributed by atoms with E-state index in [0.717, 1.165) is 27.5 Å². The highest BCUT2D eigenvalue weighted by Crippen LogP contribution is 2.27. The molecule has 0 aliphatic carbocycles. The number of aryl methyl sites for hydroxylation is 2. The molecule has 164 valence electrons. The summed E-state index contributed by atoms with van der Waals surface area (Å²) < 4.78 is 5.50. The van der Waals surface area contributed by atoms with Crippen LogP contribution in [0.25, 0.3) is 22.9 Å². The summed E-state index contributed by atoms with van der Waals surface area (Å²) in [6, 6.07) is 20.5. The molecule has 4 aromatic carbocycles. The van der Waals surface area contributed by atoms with Crippen LogP contribution in [-0.2, 0) is 0 Å². The number of fused-ring (bicyclic) bond motifs is 1. The molecular formula is C27H21NO5. The van der Waals surface area contributed by atoms with E-state index in [-0.39, 0.29) is 17.2 Å². The normalized spacial score (nSPS) is 11.1. The van der Waals surface area contributed by atoms with E-state index < -0.39 is 10.9 Å². The van der Waals surface area contributed by atoms with Crippen molar-refractivity contribution in [3.8, 4) is 11.5 Å². The number of non-ortho nitro benzene ring substituents is 1. The van der Waals surface area contributed by atoms with Gasteiger partial charge in [0, 0.05) is 12.1 Å². The van der Waals surface area contributed by atoms with Gasteiger partial charge >= 0.3 is 5.97 Å². The third-order valence-corrected chi connectivity index (χ3v) is 5.36. The monoisotopic (exact) mass is 439 g/mol. The molecule has 0 fully saturated rings. The molecule has 0 aromatic heterocycles. The third kappa shape index (κ3) is 4.75. The average molecular weight is 439 g/mol. The lowest BCUT2D eigenvalue weighted by molar-refractivity contribution is -0.384. The van der Waals surface area contributed by atoms with Crippen LogP contribution in [-0.4, -0.2) is 16.0 Å². The number of esters is 1. The van der Waals surface area contributed by atoms with Crippen molar-refractivity contribution in [3.05, 3.63) is 111 Å². The number of benzene rings is 4. The first-order valence-electron chi connectivity index (χ1n) is 10.3. The van der Waals surface area contributed by atoms with Gasteiger partial charge in [0.15, 0.2) is 0 Å². The molecule has 4 rings (SSSR count). The molecule has 0 spiro atoms. The standard InChI is InChI=1S/C27H21NO5/c1-17-13-19(14-18(2)26(17)29)7-8-22-15-20-5-3-4-6-21(20)16-25(22)27(30)33-24-11-9-23(10-12-24)28(31)32/h3-16,29H,1-2H3/b8-7+.